The molecule has 0 aliphatic rings. The van der Waals surface area contributed by atoms with E-state index in [0.29, 0.717) is 5.52 Å². The molecule has 1 aromatic carbocycles. The molecule has 3 atom stereocenters. The molecule has 1 aromatic heterocycles. The van der Waals surface area contributed by atoms with Crippen LogP contribution in [0.3, 0.4) is 0 Å². The van der Waals surface area contributed by atoms with Crippen LogP contribution in [0.5, 0.6) is 0 Å². The molecular formula is C12H16N2O4. The predicted octanol–water partition coefficient (Wildman–Crippen LogP) is -0.381. The van der Waals surface area contributed by atoms with Crippen molar-refractivity contribution >= 4 is 11.0 Å². The number of H-pyrrole nitrogens is 1. The fourth-order valence-electron chi connectivity index (χ4n) is 1.76. The average Bonchev–Trinajstić information content (AvgIpc) is 2.78. The van der Waals surface area contributed by atoms with Gasteiger partial charge in [-0.2, -0.15) is 0 Å². The van der Waals surface area contributed by atoms with Crippen LogP contribution in [0.2, 0.25) is 0 Å². The van der Waals surface area contributed by atoms with Gasteiger partial charge in [0.05, 0.1) is 17.6 Å². The number of nitrogens with one attached hydrogen (secondary N) is 1. The van der Waals surface area contributed by atoms with Crippen LogP contribution in [0, 0.1) is 6.92 Å². The Balaban J connectivity index is 2.30. The zero-order chi connectivity index (χ0) is 13.3. The van der Waals surface area contributed by atoms with Crippen molar-refractivity contribution in [1.82, 2.24) is 9.97 Å². The van der Waals surface area contributed by atoms with Gasteiger partial charge in [0.15, 0.2) is 0 Å². The minimum Gasteiger partial charge on any atom is -0.394 e. The highest BCUT2D eigenvalue weighted by Gasteiger charge is 2.27. The van der Waals surface area contributed by atoms with Gasteiger partial charge >= 0.3 is 0 Å². The van der Waals surface area contributed by atoms with Gasteiger partial charge in [-0.15, -0.1) is 0 Å². The molecule has 0 radical (unpaired) electrons. The zero-order valence-corrected chi connectivity index (χ0v) is 9.91. The van der Waals surface area contributed by atoms with Crippen molar-refractivity contribution in [2.45, 2.75) is 25.2 Å². The standard InChI is InChI=1S/C12H16N2O4/c1-6-2-3-7-8(4-6)14-12(13-7)11(18)10(17)9(16)5-15/h2-4,9-11,15-18H,5H2,1H3,(H,13,14)/t9-,10-,11+/m0/s1. The van der Waals surface area contributed by atoms with Crippen molar-refractivity contribution in [2.75, 3.05) is 6.61 Å². The summed E-state index contributed by atoms with van der Waals surface area (Å²) in [4.78, 5) is 7.02. The Hall–Kier alpha value is -1.47. The number of hydrogen-bond donors (Lipinski definition) is 5. The molecule has 6 nitrogen and oxygen atoms in total. The van der Waals surface area contributed by atoms with E-state index in [1.165, 1.54) is 0 Å². The highest BCUT2D eigenvalue weighted by Crippen LogP contribution is 2.20. The predicted molar refractivity (Wildman–Crippen MR) is 64.9 cm³/mol. The number of aryl methyl sites for hydroxylation is 1. The van der Waals surface area contributed by atoms with Gasteiger partial charge in [-0.1, -0.05) is 6.07 Å². The quantitative estimate of drug-likeness (QED) is 0.509. The van der Waals surface area contributed by atoms with Gasteiger partial charge in [-0.3, -0.25) is 0 Å². The summed E-state index contributed by atoms with van der Waals surface area (Å²) in [6.07, 6.45) is -4.27. The van der Waals surface area contributed by atoms with Crippen molar-refractivity contribution < 1.29 is 20.4 Å². The lowest BCUT2D eigenvalue weighted by Gasteiger charge is -2.19. The third-order valence-corrected chi connectivity index (χ3v) is 2.84. The minimum absolute atomic E-state index is 0.163. The first kappa shape index (κ1) is 13.0. The van der Waals surface area contributed by atoms with Crippen LogP contribution >= 0.6 is 0 Å². The van der Waals surface area contributed by atoms with E-state index in [0.717, 1.165) is 11.1 Å². The highest BCUT2D eigenvalue weighted by molar-refractivity contribution is 5.75. The summed E-state index contributed by atoms with van der Waals surface area (Å²) in [5.41, 5.74) is 2.46. The molecule has 1 heterocycles. The number of hydrogen-bond acceptors (Lipinski definition) is 5. The van der Waals surface area contributed by atoms with Gasteiger partial charge < -0.3 is 25.4 Å². The molecule has 0 aliphatic heterocycles. The number of fused-ring (bicyclic) bond motifs is 1. The summed E-state index contributed by atoms with van der Waals surface area (Å²) in [5.74, 6) is 0.163. The summed E-state index contributed by atoms with van der Waals surface area (Å²) >= 11 is 0. The first-order valence-corrected chi connectivity index (χ1v) is 5.64. The summed E-state index contributed by atoms with van der Waals surface area (Å²) < 4.78 is 0. The summed E-state index contributed by atoms with van der Waals surface area (Å²) in [5, 5.41) is 37.4. The third kappa shape index (κ3) is 2.37. The molecule has 2 rings (SSSR count). The van der Waals surface area contributed by atoms with Crippen LogP contribution in [-0.2, 0) is 0 Å². The van der Waals surface area contributed by atoms with Crippen molar-refractivity contribution in [3.05, 3.63) is 29.6 Å². The first-order valence-electron chi connectivity index (χ1n) is 5.64. The smallest absolute Gasteiger partial charge is 0.140 e. The maximum absolute atomic E-state index is 9.85. The van der Waals surface area contributed by atoms with E-state index in [2.05, 4.69) is 9.97 Å². The number of aliphatic hydroxyl groups is 4. The average molecular weight is 252 g/mol. The largest absolute Gasteiger partial charge is 0.394 e. The number of aromatic nitrogens is 2. The number of rotatable bonds is 4. The number of aromatic amines is 1. The Kier molecular flexibility index (Phi) is 3.63. The van der Waals surface area contributed by atoms with Gasteiger partial charge in [-0.25, -0.2) is 4.98 Å². The molecule has 18 heavy (non-hydrogen) atoms. The monoisotopic (exact) mass is 252 g/mol. The molecule has 0 spiro atoms. The summed E-state index contributed by atoms with van der Waals surface area (Å²) in [6.45, 7) is 1.30. The zero-order valence-electron chi connectivity index (χ0n) is 9.91. The van der Waals surface area contributed by atoms with E-state index >= 15 is 0 Å². The molecular weight excluding hydrogens is 236 g/mol. The van der Waals surface area contributed by atoms with Gasteiger partial charge in [0.2, 0.25) is 0 Å². The topological polar surface area (TPSA) is 110 Å². The molecule has 5 N–H and O–H groups in total. The minimum atomic E-state index is -1.49. The Morgan fingerprint density at radius 1 is 1.28 bits per heavy atom. The molecule has 6 heteroatoms. The number of nitrogens with zero attached hydrogens (tertiary/aromatic N) is 1. The van der Waals surface area contributed by atoms with E-state index in [4.69, 9.17) is 5.11 Å². The molecule has 0 amide bonds. The first-order chi connectivity index (χ1) is 8.52. The maximum atomic E-state index is 9.85. The lowest BCUT2D eigenvalue weighted by Crippen LogP contribution is -2.35. The number of benzene rings is 1. The van der Waals surface area contributed by atoms with Crippen LogP contribution in [0.15, 0.2) is 18.2 Å². The molecule has 0 aliphatic carbocycles. The molecule has 0 saturated heterocycles. The third-order valence-electron chi connectivity index (χ3n) is 2.84. The van der Waals surface area contributed by atoms with E-state index in [1.807, 2.05) is 19.1 Å². The SMILES string of the molecule is Cc1ccc2nc([C@H](O)[C@@H](O)[C@@H](O)CO)[nH]c2c1. The normalized spacial score (nSPS) is 16.7. The second-order valence-electron chi connectivity index (χ2n) is 4.33. The van der Waals surface area contributed by atoms with Crippen LogP contribution in [-0.4, -0.2) is 49.2 Å². The van der Waals surface area contributed by atoms with Crippen molar-refractivity contribution in [3.8, 4) is 0 Å². The lowest BCUT2D eigenvalue weighted by atomic mass is 10.1. The van der Waals surface area contributed by atoms with Gasteiger partial charge in [0.25, 0.3) is 0 Å². The van der Waals surface area contributed by atoms with E-state index in [-0.39, 0.29) is 5.82 Å². The molecule has 2 aromatic rings. The Bertz CT molecular complexity index is 540. The molecule has 0 unspecified atom stereocenters. The summed E-state index contributed by atoms with van der Waals surface area (Å²) in [7, 11) is 0. The van der Waals surface area contributed by atoms with E-state index in [1.54, 1.807) is 6.07 Å². The Labute approximate surface area is 104 Å². The van der Waals surface area contributed by atoms with E-state index < -0.39 is 24.9 Å². The van der Waals surface area contributed by atoms with Gasteiger partial charge in [0.1, 0.15) is 24.1 Å². The maximum Gasteiger partial charge on any atom is 0.140 e. The fourth-order valence-corrected chi connectivity index (χ4v) is 1.76. The second-order valence-corrected chi connectivity index (χ2v) is 4.33. The Morgan fingerprint density at radius 2 is 2.00 bits per heavy atom. The Morgan fingerprint density at radius 3 is 2.67 bits per heavy atom. The number of aliphatic hydroxyl groups excluding tert-OH is 4. The van der Waals surface area contributed by atoms with Crippen LogP contribution in [0.25, 0.3) is 11.0 Å². The molecule has 0 bridgehead atoms. The van der Waals surface area contributed by atoms with Crippen molar-refractivity contribution in [3.63, 3.8) is 0 Å². The van der Waals surface area contributed by atoms with Crippen molar-refractivity contribution in [1.29, 1.82) is 0 Å². The van der Waals surface area contributed by atoms with E-state index in [9.17, 15) is 15.3 Å². The second kappa shape index (κ2) is 5.03. The number of imidazole rings is 1. The van der Waals surface area contributed by atoms with Crippen LogP contribution in [0.1, 0.15) is 17.5 Å². The molecule has 0 fully saturated rings. The van der Waals surface area contributed by atoms with Crippen LogP contribution in [0.4, 0.5) is 0 Å². The highest BCUT2D eigenvalue weighted by atomic mass is 16.4. The van der Waals surface area contributed by atoms with Gasteiger partial charge in [-0.05, 0) is 24.6 Å². The molecule has 98 valence electrons. The fraction of sp³-hybridized carbons (Fsp3) is 0.417. The van der Waals surface area contributed by atoms with Crippen LogP contribution < -0.4 is 0 Å². The van der Waals surface area contributed by atoms with Gasteiger partial charge in [0, 0.05) is 0 Å². The lowest BCUT2D eigenvalue weighted by molar-refractivity contribution is -0.0800. The molecule has 0 saturated carbocycles. The van der Waals surface area contributed by atoms with Crippen molar-refractivity contribution in [2.24, 2.45) is 0 Å². The summed E-state index contributed by atoms with van der Waals surface area (Å²) in [6, 6.07) is 5.55.